The summed E-state index contributed by atoms with van der Waals surface area (Å²) < 4.78 is 0. The zero-order valence-electron chi connectivity index (χ0n) is 10.6. The van der Waals surface area contributed by atoms with Crippen LogP contribution in [0.5, 0.6) is 0 Å². The van der Waals surface area contributed by atoms with Gasteiger partial charge < -0.3 is 10.2 Å². The highest BCUT2D eigenvalue weighted by molar-refractivity contribution is 7.12. The molecule has 4 heteroatoms. The van der Waals surface area contributed by atoms with E-state index in [0.717, 1.165) is 15.3 Å². The van der Waals surface area contributed by atoms with E-state index in [0.29, 0.717) is 12.8 Å². The number of rotatable bonds is 3. The summed E-state index contributed by atoms with van der Waals surface area (Å²) in [7, 11) is 0. The molecule has 1 aromatic rings. The average molecular weight is 266 g/mol. The Balaban J connectivity index is 2.26. The van der Waals surface area contributed by atoms with Crippen molar-refractivity contribution in [2.24, 2.45) is 11.8 Å². The molecule has 1 aromatic heterocycles. The van der Waals surface area contributed by atoms with Gasteiger partial charge in [0.2, 0.25) is 0 Å². The first-order valence-corrected chi connectivity index (χ1v) is 6.95. The summed E-state index contributed by atoms with van der Waals surface area (Å²) in [6, 6.07) is 1.97. The summed E-state index contributed by atoms with van der Waals surface area (Å²) >= 11 is 1.65. The average Bonchev–Trinajstić information content (AvgIpc) is 2.67. The molecule has 18 heavy (non-hydrogen) atoms. The van der Waals surface area contributed by atoms with Gasteiger partial charge in [-0.2, -0.15) is 0 Å². The lowest BCUT2D eigenvalue weighted by molar-refractivity contribution is -0.145. The van der Waals surface area contributed by atoms with Gasteiger partial charge in [0.25, 0.3) is 0 Å². The van der Waals surface area contributed by atoms with Crippen molar-refractivity contribution in [1.82, 2.24) is 0 Å². The summed E-state index contributed by atoms with van der Waals surface area (Å²) in [6.07, 6.45) is 4.34. The van der Waals surface area contributed by atoms with E-state index in [1.165, 1.54) is 0 Å². The lowest BCUT2D eigenvalue weighted by Gasteiger charge is -2.29. The summed E-state index contributed by atoms with van der Waals surface area (Å²) in [5.41, 5.74) is 0.893. The Labute approximate surface area is 111 Å². The highest BCUT2D eigenvalue weighted by Crippen LogP contribution is 2.39. The van der Waals surface area contributed by atoms with Crippen LogP contribution in [0, 0.1) is 25.7 Å². The fourth-order valence-corrected chi connectivity index (χ4v) is 3.61. The first-order valence-electron chi connectivity index (χ1n) is 6.13. The van der Waals surface area contributed by atoms with Gasteiger partial charge in [-0.05, 0) is 38.3 Å². The van der Waals surface area contributed by atoms with E-state index >= 15 is 0 Å². The number of carbonyl (C=O) groups is 1. The molecule has 0 saturated carbocycles. The number of aliphatic hydroxyl groups is 1. The SMILES string of the molecule is Cc1cc(C(O)C2CC=CCC2C(=O)O)c(C)s1. The molecule has 98 valence electrons. The van der Waals surface area contributed by atoms with Crippen molar-refractivity contribution in [1.29, 1.82) is 0 Å². The van der Waals surface area contributed by atoms with Crippen LogP contribution >= 0.6 is 11.3 Å². The van der Waals surface area contributed by atoms with Gasteiger partial charge in [0.1, 0.15) is 0 Å². The number of carboxylic acids is 1. The Hall–Kier alpha value is -1.13. The number of allylic oxidation sites excluding steroid dienone is 2. The van der Waals surface area contributed by atoms with Crippen LogP contribution in [0.15, 0.2) is 18.2 Å². The number of thiophene rings is 1. The van der Waals surface area contributed by atoms with Gasteiger partial charge in [-0.3, -0.25) is 4.79 Å². The molecule has 0 aromatic carbocycles. The smallest absolute Gasteiger partial charge is 0.307 e. The fourth-order valence-electron chi connectivity index (χ4n) is 2.64. The minimum absolute atomic E-state index is 0.222. The summed E-state index contributed by atoms with van der Waals surface area (Å²) in [6.45, 7) is 3.98. The molecule has 0 fully saturated rings. The maximum Gasteiger partial charge on any atom is 0.307 e. The van der Waals surface area contributed by atoms with Crippen molar-refractivity contribution >= 4 is 17.3 Å². The molecule has 2 N–H and O–H groups in total. The highest BCUT2D eigenvalue weighted by Gasteiger charge is 2.35. The lowest BCUT2D eigenvalue weighted by Crippen LogP contribution is -2.29. The van der Waals surface area contributed by atoms with Gasteiger partial charge in [-0.15, -0.1) is 11.3 Å². The molecular weight excluding hydrogens is 248 g/mol. The van der Waals surface area contributed by atoms with Crippen molar-refractivity contribution in [2.45, 2.75) is 32.8 Å². The molecule has 0 aliphatic heterocycles. The Bertz CT molecular complexity index is 475. The van der Waals surface area contributed by atoms with E-state index in [1.807, 2.05) is 32.1 Å². The topological polar surface area (TPSA) is 57.5 Å². The van der Waals surface area contributed by atoms with E-state index in [2.05, 4.69) is 0 Å². The molecule has 3 unspecified atom stereocenters. The number of hydrogen-bond acceptors (Lipinski definition) is 3. The van der Waals surface area contributed by atoms with Crippen LogP contribution in [-0.4, -0.2) is 16.2 Å². The van der Waals surface area contributed by atoms with Crippen LogP contribution in [0.1, 0.15) is 34.3 Å². The second-order valence-electron chi connectivity index (χ2n) is 4.86. The van der Waals surface area contributed by atoms with Crippen LogP contribution in [0.2, 0.25) is 0 Å². The lowest BCUT2D eigenvalue weighted by atomic mass is 9.77. The van der Waals surface area contributed by atoms with E-state index < -0.39 is 18.0 Å². The molecule has 0 saturated heterocycles. The number of aliphatic carboxylic acids is 1. The predicted octanol–water partition coefficient (Wildman–Crippen LogP) is 3.07. The largest absolute Gasteiger partial charge is 0.481 e. The van der Waals surface area contributed by atoms with Crippen molar-refractivity contribution in [3.8, 4) is 0 Å². The van der Waals surface area contributed by atoms with E-state index in [9.17, 15) is 15.0 Å². The third kappa shape index (κ3) is 2.49. The van der Waals surface area contributed by atoms with Gasteiger partial charge in [-0.25, -0.2) is 0 Å². The standard InChI is InChI=1S/C14H18O3S/c1-8-7-12(9(2)18-8)13(15)10-5-3-4-6-11(10)14(16)17/h3-4,7,10-11,13,15H,5-6H2,1-2H3,(H,16,17). The summed E-state index contributed by atoms with van der Waals surface area (Å²) in [5, 5.41) is 19.7. The molecule has 1 aliphatic rings. The molecule has 0 bridgehead atoms. The van der Waals surface area contributed by atoms with Gasteiger partial charge in [0.05, 0.1) is 12.0 Å². The van der Waals surface area contributed by atoms with Crippen LogP contribution in [-0.2, 0) is 4.79 Å². The maximum atomic E-state index is 11.2. The Morgan fingerprint density at radius 1 is 1.39 bits per heavy atom. The number of carboxylic acid groups (broad SMARTS) is 1. The molecule has 3 nitrogen and oxygen atoms in total. The molecular formula is C14H18O3S. The second kappa shape index (κ2) is 5.24. The molecule has 0 amide bonds. The van der Waals surface area contributed by atoms with Crippen molar-refractivity contribution < 1.29 is 15.0 Å². The number of aliphatic hydroxyl groups excluding tert-OH is 1. The molecule has 0 spiro atoms. The summed E-state index contributed by atoms with van der Waals surface area (Å²) in [4.78, 5) is 13.5. The Kier molecular flexibility index (Phi) is 3.88. The number of aryl methyl sites for hydroxylation is 2. The van der Waals surface area contributed by atoms with E-state index in [4.69, 9.17) is 0 Å². The molecule has 0 radical (unpaired) electrons. The molecule has 1 aliphatic carbocycles. The van der Waals surface area contributed by atoms with E-state index in [-0.39, 0.29) is 5.92 Å². The zero-order chi connectivity index (χ0) is 13.3. The third-order valence-corrected chi connectivity index (χ3v) is 4.58. The van der Waals surface area contributed by atoms with Gasteiger partial charge >= 0.3 is 5.97 Å². The first-order chi connectivity index (χ1) is 8.50. The van der Waals surface area contributed by atoms with E-state index in [1.54, 1.807) is 11.3 Å². The molecule has 1 heterocycles. The van der Waals surface area contributed by atoms with Crippen LogP contribution in [0.25, 0.3) is 0 Å². The van der Waals surface area contributed by atoms with Gasteiger partial charge in [0.15, 0.2) is 0 Å². The van der Waals surface area contributed by atoms with Crippen LogP contribution in [0.4, 0.5) is 0 Å². The third-order valence-electron chi connectivity index (χ3n) is 3.60. The quantitative estimate of drug-likeness (QED) is 0.827. The maximum absolute atomic E-state index is 11.2. The van der Waals surface area contributed by atoms with Crippen molar-refractivity contribution in [3.63, 3.8) is 0 Å². The first kappa shape index (κ1) is 13.3. The predicted molar refractivity (Wildman–Crippen MR) is 71.7 cm³/mol. The highest BCUT2D eigenvalue weighted by atomic mass is 32.1. The molecule has 3 atom stereocenters. The monoisotopic (exact) mass is 266 g/mol. The van der Waals surface area contributed by atoms with Crippen LogP contribution < -0.4 is 0 Å². The van der Waals surface area contributed by atoms with Gasteiger partial charge in [-0.1, -0.05) is 12.2 Å². The second-order valence-corrected chi connectivity index (χ2v) is 6.33. The van der Waals surface area contributed by atoms with Crippen molar-refractivity contribution in [2.75, 3.05) is 0 Å². The van der Waals surface area contributed by atoms with Crippen molar-refractivity contribution in [3.05, 3.63) is 33.5 Å². The van der Waals surface area contributed by atoms with Crippen LogP contribution in [0.3, 0.4) is 0 Å². The Morgan fingerprint density at radius 2 is 2.06 bits per heavy atom. The van der Waals surface area contributed by atoms with Gasteiger partial charge in [0, 0.05) is 15.7 Å². The zero-order valence-corrected chi connectivity index (χ0v) is 11.4. The molecule has 2 rings (SSSR count). The minimum Gasteiger partial charge on any atom is -0.481 e. The Morgan fingerprint density at radius 3 is 2.61 bits per heavy atom. The minimum atomic E-state index is -0.812. The number of hydrogen-bond donors (Lipinski definition) is 2. The summed E-state index contributed by atoms with van der Waals surface area (Å²) in [5.74, 6) is -1.52. The normalized spacial score (nSPS) is 25.1. The fraction of sp³-hybridized carbons (Fsp3) is 0.500.